The molecule has 23 heavy (non-hydrogen) atoms. The topological polar surface area (TPSA) is 55.4 Å². The van der Waals surface area contributed by atoms with Gasteiger partial charge in [0.15, 0.2) is 6.61 Å². The number of hydrogen-bond donors (Lipinski definition) is 1. The Morgan fingerprint density at radius 3 is 2.39 bits per heavy atom. The number of nitrogens with one attached hydrogen (secondary N) is 1. The quantitative estimate of drug-likeness (QED) is 0.788. The first-order chi connectivity index (χ1) is 10.9. The van der Waals surface area contributed by atoms with E-state index in [-0.39, 0.29) is 10.6 Å². The second-order valence-corrected chi connectivity index (χ2v) is 5.99. The molecule has 1 N–H and O–H groups in total. The normalized spacial score (nSPS) is 10.3. The van der Waals surface area contributed by atoms with E-state index in [0.717, 1.165) is 5.56 Å². The van der Waals surface area contributed by atoms with Crippen molar-refractivity contribution in [1.29, 1.82) is 0 Å². The minimum Gasteiger partial charge on any atom is -0.452 e. The molecule has 0 radical (unpaired) electrons. The van der Waals surface area contributed by atoms with Crippen LogP contribution in [-0.2, 0) is 9.53 Å². The second kappa shape index (κ2) is 7.68. The summed E-state index contributed by atoms with van der Waals surface area (Å²) < 4.78 is 4.94. The Morgan fingerprint density at radius 2 is 1.70 bits per heavy atom. The largest absolute Gasteiger partial charge is 0.452 e. The highest BCUT2D eigenvalue weighted by atomic mass is 35.5. The maximum atomic E-state index is 11.9. The second-order valence-electron chi connectivity index (χ2n) is 4.71. The fourth-order valence-corrected chi connectivity index (χ4v) is 2.41. The standard InChI is InChI=1S/C16H12Cl3NO3/c1-9-6-10(17)3-5-14(9)20-15(21)8-23-16(22)12-7-11(18)2-4-13(12)19/h2-7H,8H2,1H3,(H,20,21). The summed E-state index contributed by atoms with van der Waals surface area (Å²) in [6.45, 7) is 1.36. The Balaban J connectivity index is 1.96. The zero-order chi connectivity index (χ0) is 17.0. The summed E-state index contributed by atoms with van der Waals surface area (Å²) in [7, 11) is 0. The van der Waals surface area contributed by atoms with E-state index in [1.54, 1.807) is 31.2 Å². The Bertz CT molecular complexity index is 762. The summed E-state index contributed by atoms with van der Waals surface area (Å²) in [6.07, 6.45) is 0. The number of carbonyl (C=O) groups is 2. The molecule has 0 aliphatic rings. The first-order valence-electron chi connectivity index (χ1n) is 6.55. The molecule has 2 aromatic carbocycles. The van der Waals surface area contributed by atoms with Crippen molar-refractivity contribution in [2.75, 3.05) is 11.9 Å². The maximum absolute atomic E-state index is 11.9. The van der Waals surface area contributed by atoms with Crippen molar-refractivity contribution in [2.24, 2.45) is 0 Å². The van der Waals surface area contributed by atoms with Crippen molar-refractivity contribution in [3.8, 4) is 0 Å². The van der Waals surface area contributed by atoms with Gasteiger partial charge in [-0.2, -0.15) is 0 Å². The molecule has 2 aromatic rings. The van der Waals surface area contributed by atoms with Gasteiger partial charge in [0.1, 0.15) is 0 Å². The van der Waals surface area contributed by atoms with Crippen LogP contribution in [0.25, 0.3) is 0 Å². The van der Waals surface area contributed by atoms with Crippen molar-refractivity contribution in [1.82, 2.24) is 0 Å². The van der Waals surface area contributed by atoms with Crippen LogP contribution in [0.1, 0.15) is 15.9 Å². The fourth-order valence-electron chi connectivity index (χ4n) is 1.82. The van der Waals surface area contributed by atoms with Crippen LogP contribution in [-0.4, -0.2) is 18.5 Å². The summed E-state index contributed by atoms with van der Waals surface area (Å²) >= 11 is 17.6. The van der Waals surface area contributed by atoms with E-state index in [0.29, 0.717) is 15.7 Å². The lowest BCUT2D eigenvalue weighted by atomic mass is 10.2. The molecule has 4 nitrogen and oxygen atoms in total. The minimum absolute atomic E-state index is 0.106. The van der Waals surface area contributed by atoms with Crippen molar-refractivity contribution < 1.29 is 14.3 Å². The molecule has 0 aromatic heterocycles. The molecule has 7 heteroatoms. The highest BCUT2D eigenvalue weighted by molar-refractivity contribution is 6.35. The molecule has 0 fully saturated rings. The molecule has 0 unspecified atom stereocenters. The smallest absolute Gasteiger partial charge is 0.340 e. The van der Waals surface area contributed by atoms with Crippen molar-refractivity contribution >= 4 is 52.4 Å². The van der Waals surface area contributed by atoms with Gasteiger partial charge >= 0.3 is 5.97 Å². The third kappa shape index (κ3) is 4.86. The zero-order valence-electron chi connectivity index (χ0n) is 12.0. The lowest BCUT2D eigenvalue weighted by Crippen LogP contribution is -2.21. The minimum atomic E-state index is -0.722. The molecule has 0 saturated heterocycles. The summed E-state index contributed by atoms with van der Waals surface area (Å²) in [5.41, 5.74) is 1.50. The van der Waals surface area contributed by atoms with Gasteiger partial charge in [-0.3, -0.25) is 4.79 Å². The SMILES string of the molecule is Cc1cc(Cl)ccc1NC(=O)COC(=O)c1cc(Cl)ccc1Cl. The molecule has 120 valence electrons. The first-order valence-corrected chi connectivity index (χ1v) is 7.68. The summed E-state index contributed by atoms with van der Waals surface area (Å²) in [5, 5.41) is 3.76. The van der Waals surface area contributed by atoms with Crippen LogP contribution in [0.2, 0.25) is 15.1 Å². The number of ether oxygens (including phenoxy) is 1. The Kier molecular flexibility index (Phi) is 5.88. The number of benzene rings is 2. The number of esters is 1. The monoisotopic (exact) mass is 371 g/mol. The van der Waals surface area contributed by atoms with E-state index in [2.05, 4.69) is 5.32 Å². The summed E-state index contributed by atoms with van der Waals surface area (Å²) in [4.78, 5) is 23.8. The van der Waals surface area contributed by atoms with E-state index in [4.69, 9.17) is 39.5 Å². The molecule has 2 rings (SSSR count). The molecule has 0 atom stereocenters. The lowest BCUT2D eigenvalue weighted by Gasteiger charge is -2.10. The Morgan fingerprint density at radius 1 is 1.04 bits per heavy atom. The van der Waals surface area contributed by atoms with E-state index in [9.17, 15) is 9.59 Å². The number of halogens is 3. The van der Waals surface area contributed by atoms with Crippen molar-refractivity contribution in [2.45, 2.75) is 6.92 Å². The summed E-state index contributed by atoms with van der Waals surface area (Å²) in [5.74, 6) is -1.19. The number of amides is 1. The average Bonchev–Trinajstić information content (AvgIpc) is 2.50. The molecule has 0 aliphatic heterocycles. The van der Waals surface area contributed by atoms with Crippen LogP contribution in [0.15, 0.2) is 36.4 Å². The Labute approximate surface area is 148 Å². The van der Waals surface area contributed by atoms with Gasteiger partial charge in [-0.15, -0.1) is 0 Å². The lowest BCUT2D eigenvalue weighted by molar-refractivity contribution is -0.119. The maximum Gasteiger partial charge on any atom is 0.340 e. The van der Waals surface area contributed by atoms with Crippen LogP contribution in [0.5, 0.6) is 0 Å². The van der Waals surface area contributed by atoms with Gasteiger partial charge in [-0.25, -0.2) is 4.79 Å². The van der Waals surface area contributed by atoms with E-state index < -0.39 is 18.5 Å². The number of rotatable bonds is 4. The van der Waals surface area contributed by atoms with E-state index in [1.165, 1.54) is 12.1 Å². The van der Waals surface area contributed by atoms with Crippen LogP contribution < -0.4 is 5.32 Å². The van der Waals surface area contributed by atoms with Crippen LogP contribution >= 0.6 is 34.8 Å². The number of aryl methyl sites for hydroxylation is 1. The molecular weight excluding hydrogens is 361 g/mol. The zero-order valence-corrected chi connectivity index (χ0v) is 14.3. The summed E-state index contributed by atoms with van der Waals surface area (Å²) in [6, 6.07) is 9.46. The predicted molar refractivity (Wildman–Crippen MR) is 91.6 cm³/mol. The van der Waals surface area contributed by atoms with Crippen molar-refractivity contribution in [3.05, 3.63) is 62.6 Å². The highest BCUT2D eigenvalue weighted by Gasteiger charge is 2.14. The molecule has 0 spiro atoms. The van der Waals surface area contributed by atoms with Gasteiger partial charge in [0.25, 0.3) is 5.91 Å². The molecular formula is C16H12Cl3NO3. The molecule has 0 aliphatic carbocycles. The predicted octanol–water partition coefficient (Wildman–Crippen LogP) is 4.75. The number of hydrogen-bond acceptors (Lipinski definition) is 3. The Hall–Kier alpha value is -1.75. The van der Waals surface area contributed by atoms with Gasteiger partial charge in [0, 0.05) is 15.7 Å². The van der Waals surface area contributed by atoms with Gasteiger partial charge < -0.3 is 10.1 Å². The molecule has 0 bridgehead atoms. The third-order valence-electron chi connectivity index (χ3n) is 2.95. The van der Waals surface area contributed by atoms with Gasteiger partial charge in [0.05, 0.1) is 10.6 Å². The third-order valence-corrected chi connectivity index (χ3v) is 3.75. The highest BCUT2D eigenvalue weighted by Crippen LogP contribution is 2.22. The van der Waals surface area contributed by atoms with Gasteiger partial charge in [-0.05, 0) is 48.9 Å². The number of anilines is 1. The van der Waals surface area contributed by atoms with Crippen LogP contribution in [0.3, 0.4) is 0 Å². The van der Waals surface area contributed by atoms with Gasteiger partial charge in [0.2, 0.25) is 0 Å². The van der Waals surface area contributed by atoms with Gasteiger partial charge in [-0.1, -0.05) is 34.8 Å². The number of carbonyl (C=O) groups excluding carboxylic acids is 2. The van der Waals surface area contributed by atoms with Crippen LogP contribution in [0, 0.1) is 6.92 Å². The first kappa shape index (κ1) is 17.6. The fraction of sp³-hybridized carbons (Fsp3) is 0.125. The molecule has 0 heterocycles. The van der Waals surface area contributed by atoms with Crippen molar-refractivity contribution in [3.63, 3.8) is 0 Å². The molecule has 0 saturated carbocycles. The van der Waals surface area contributed by atoms with E-state index >= 15 is 0 Å². The molecule has 1 amide bonds. The average molecular weight is 373 g/mol. The van der Waals surface area contributed by atoms with Crippen LogP contribution in [0.4, 0.5) is 5.69 Å². The van der Waals surface area contributed by atoms with E-state index in [1.807, 2.05) is 0 Å².